The number of methoxy groups -OCH3 is 1. The number of thioether (sulfide) groups is 1. The average Bonchev–Trinajstić information content (AvgIpc) is 3.05. The number of amides is 2. The van der Waals surface area contributed by atoms with Gasteiger partial charge in [-0.2, -0.15) is 0 Å². The summed E-state index contributed by atoms with van der Waals surface area (Å²) in [6.07, 6.45) is 1.95. The summed E-state index contributed by atoms with van der Waals surface area (Å²) in [5.41, 5.74) is 1.65. The van der Waals surface area contributed by atoms with Crippen LogP contribution in [0.4, 0.5) is 4.79 Å². The summed E-state index contributed by atoms with van der Waals surface area (Å²) in [7, 11) is 1.53. The Kier molecular flexibility index (Phi) is 8.57. The number of rotatable bonds is 9. The number of benzene rings is 2. The number of carbonyl (C=O) groups is 3. The van der Waals surface area contributed by atoms with E-state index >= 15 is 0 Å². The minimum atomic E-state index is -0.614. The van der Waals surface area contributed by atoms with Crippen LogP contribution in [-0.4, -0.2) is 41.8 Å². The molecule has 1 saturated heterocycles. The van der Waals surface area contributed by atoms with Crippen LogP contribution in [0.2, 0.25) is 0 Å². The van der Waals surface area contributed by atoms with Crippen molar-refractivity contribution in [3.05, 3.63) is 63.0 Å². The molecule has 9 heteroatoms. The van der Waals surface area contributed by atoms with E-state index in [1.165, 1.54) is 7.11 Å². The zero-order chi connectivity index (χ0) is 24.0. The molecule has 0 saturated carbocycles. The highest BCUT2D eigenvalue weighted by Crippen LogP contribution is 2.39. The van der Waals surface area contributed by atoms with Gasteiger partial charge in [-0.15, -0.1) is 0 Å². The van der Waals surface area contributed by atoms with Gasteiger partial charge in [-0.1, -0.05) is 37.3 Å². The molecule has 0 spiro atoms. The predicted molar refractivity (Wildman–Crippen MR) is 130 cm³/mol. The molecule has 33 heavy (non-hydrogen) atoms. The van der Waals surface area contributed by atoms with Gasteiger partial charge >= 0.3 is 5.97 Å². The maximum atomic E-state index is 12.7. The maximum Gasteiger partial charge on any atom is 0.326 e. The molecule has 2 aromatic carbocycles. The van der Waals surface area contributed by atoms with Crippen molar-refractivity contribution in [3.8, 4) is 11.5 Å². The molecule has 0 N–H and O–H groups in total. The van der Waals surface area contributed by atoms with Gasteiger partial charge in [0.05, 0.1) is 22.6 Å². The molecule has 1 aliphatic heterocycles. The fraction of sp³-hybridized carbons (Fsp3) is 0.292. The third kappa shape index (κ3) is 6.39. The largest absolute Gasteiger partial charge is 0.493 e. The first-order valence-corrected chi connectivity index (χ1v) is 11.9. The third-order valence-electron chi connectivity index (χ3n) is 4.84. The molecule has 0 bridgehead atoms. The van der Waals surface area contributed by atoms with Crippen LogP contribution in [0.5, 0.6) is 11.5 Å². The molecule has 174 valence electrons. The fourth-order valence-corrected chi connectivity index (χ4v) is 4.37. The lowest BCUT2D eigenvalue weighted by Gasteiger charge is -2.15. The average molecular weight is 534 g/mol. The number of halogens is 1. The van der Waals surface area contributed by atoms with E-state index in [1.807, 2.05) is 37.3 Å². The molecule has 1 fully saturated rings. The number of hydrogen-bond donors (Lipinski definition) is 0. The smallest absolute Gasteiger partial charge is 0.326 e. The summed E-state index contributed by atoms with van der Waals surface area (Å²) >= 11 is 4.28. The Hall–Kier alpha value is -2.78. The van der Waals surface area contributed by atoms with Crippen LogP contribution in [0, 0.1) is 0 Å². The lowest BCUT2D eigenvalue weighted by atomic mass is 10.1. The summed E-state index contributed by atoms with van der Waals surface area (Å²) in [6.45, 7) is 3.59. The van der Waals surface area contributed by atoms with E-state index in [0.717, 1.165) is 22.2 Å². The Bertz CT molecular complexity index is 1070. The molecule has 0 radical (unpaired) electrons. The van der Waals surface area contributed by atoms with Crippen molar-refractivity contribution < 1.29 is 28.6 Å². The Morgan fingerprint density at radius 3 is 2.61 bits per heavy atom. The fourth-order valence-electron chi connectivity index (χ4n) is 2.95. The first-order valence-electron chi connectivity index (χ1n) is 10.3. The molecule has 3 rings (SSSR count). The van der Waals surface area contributed by atoms with Gasteiger partial charge in [0, 0.05) is 0 Å². The lowest BCUT2D eigenvalue weighted by molar-refractivity contribution is -0.150. The topological polar surface area (TPSA) is 82.1 Å². The molecule has 2 aromatic rings. The van der Waals surface area contributed by atoms with Crippen LogP contribution >= 0.6 is 27.7 Å². The molecule has 1 heterocycles. The van der Waals surface area contributed by atoms with Crippen molar-refractivity contribution in [2.24, 2.45) is 0 Å². The van der Waals surface area contributed by atoms with Crippen molar-refractivity contribution in [2.75, 3.05) is 13.7 Å². The monoisotopic (exact) mass is 533 g/mol. The summed E-state index contributed by atoms with van der Waals surface area (Å²) in [6, 6.07) is 13.2. The molecule has 7 nitrogen and oxygen atoms in total. The number of esters is 1. The highest BCUT2D eigenvalue weighted by Gasteiger charge is 2.37. The predicted octanol–water partition coefficient (Wildman–Crippen LogP) is 5.41. The Morgan fingerprint density at radius 1 is 1.21 bits per heavy atom. The summed E-state index contributed by atoms with van der Waals surface area (Å²) in [5, 5.41) is -0.513. The second-order valence-corrected chi connectivity index (χ2v) is 9.13. The summed E-state index contributed by atoms with van der Waals surface area (Å²) < 4.78 is 17.2. The van der Waals surface area contributed by atoms with Gasteiger partial charge in [-0.3, -0.25) is 19.3 Å². The van der Waals surface area contributed by atoms with Crippen molar-refractivity contribution in [3.63, 3.8) is 0 Å². The Balaban J connectivity index is 1.75. The number of carbonyl (C=O) groups excluding carboxylic acids is 3. The van der Waals surface area contributed by atoms with Crippen LogP contribution < -0.4 is 9.47 Å². The third-order valence-corrected chi connectivity index (χ3v) is 6.34. The minimum absolute atomic E-state index is 0.211. The van der Waals surface area contributed by atoms with Crippen LogP contribution in [0.1, 0.15) is 31.4 Å². The number of hydrogen-bond acceptors (Lipinski definition) is 7. The Morgan fingerprint density at radius 2 is 1.94 bits per heavy atom. The van der Waals surface area contributed by atoms with E-state index in [4.69, 9.17) is 14.2 Å². The number of nitrogens with zero attached hydrogens (tertiary/aromatic N) is 1. The van der Waals surface area contributed by atoms with Crippen LogP contribution in [-0.2, 0) is 20.9 Å². The first kappa shape index (κ1) is 24.9. The van der Waals surface area contributed by atoms with Gasteiger partial charge in [0.15, 0.2) is 11.5 Å². The van der Waals surface area contributed by atoms with Gasteiger partial charge < -0.3 is 14.2 Å². The van der Waals surface area contributed by atoms with Crippen molar-refractivity contribution in [2.45, 2.75) is 33.0 Å². The zero-order valence-corrected chi connectivity index (χ0v) is 20.9. The molecule has 0 unspecified atom stereocenters. The highest BCUT2D eigenvalue weighted by atomic mass is 79.9. The van der Waals surface area contributed by atoms with Gasteiger partial charge in [0.25, 0.3) is 11.1 Å². The number of ether oxygens (including phenoxy) is 3. The maximum absolute atomic E-state index is 12.7. The van der Waals surface area contributed by atoms with Gasteiger partial charge in [0.1, 0.15) is 13.2 Å². The number of imide groups is 1. The van der Waals surface area contributed by atoms with Gasteiger partial charge in [0.2, 0.25) is 0 Å². The van der Waals surface area contributed by atoms with Crippen molar-refractivity contribution in [1.29, 1.82) is 0 Å². The summed E-state index contributed by atoms with van der Waals surface area (Å²) in [4.78, 5) is 38.1. The Labute approximate surface area is 205 Å². The molecule has 1 atom stereocenters. The van der Waals surface area contributed by atoms with E-state index in [0.29, 0.717) is 34.6 Å². The molecule has 0 aliphatic carbocycles. The van der Waals surface area contributed by atoms with E-state index in [9.17, 15) is 14.4 Å². The van der Waals surface area contributed by atoms with Crippen LogP contribution in [0.3, 0.4) is 0 Å². The molecule has 1 aliphatic rings. The van der Waals surface area contributed by atoms with E-state index in [1.54, 1.807) is 25.1 Å². The van der Waals surface area contributed by atoms with E-state index in [-0.39, 0.29) is 11.0 Å². The van der Waals surface area contributed by atoms with Gasteiger partial charge in [-0.25, -0.2) is 0 Å². The highest BCUT2D eigenvalue weighted by molar-refractivity contribution is 9.10. The molecule has 2 amide bonds. The van der Waals surface area contributed by atoms with E-state index in [2.05, 4.69) is 15.9 Å². The molecular formula is C24H24BrNO6S. The summed E-state index contributed by atoms with van der Waals surface area (Å²) in [5.74, 6) is -0.148. The molecule has 0 aromatic heterocycles. The van der Waals surface area contributed by atoms with E-state index < -0.39 is 23.7 Å². The van der Waals surface area contributed by atoms with Crippen molar-refractivity contribution in [1.82, 2.24) is 4.90 Å². The zero-order valence-electron chi connectivity index (χ0n) is 18.5. The second-order valence-electron chi connectivity index (χ2n) is 7.28. The SMILES string of the molecule is CC[C@H](C)OC(=O)CN1C(=O)S/C(=C/c2cc(Br)c(OCc3ccccc3)c(OC)c2)C1=O. The molecular weight excluding hydrogens is 510 g/mol. The standard InChI is InChI=1S/C24H24BrNO6S/c1-4-15(2)32-21(27)13-26-23(28)20(33-24(26)29)12-17-10-18(25)22(19(11-17)30-3)31-14-16-8-6-5-7-9-16/h5-12,15H,4,13-14H2,1-3H3/b20-12+/t15-/m0/s1. The van der Waals surface area contributed by atoms with Gasteiger partial charge in [-0.05, 0) is 70.4 Å². The van der Waals surface area contributed by atoms with Crippen LogP contribution in [0.15, 0.2) is 51.8 Å². The second kappa shape index (κ2) is 11.4. The minimum Gasteiger partial charge on any atom is -0.493 e. The first-order chi connectivity index (χ1) is 15.8. The normalized spacial score (nSPS) is 15.6. The van der Waals surface area contributed by atoms with Crippen LogP contribution in [0.25, 0.3) is 6.08 Å². The van der Waals surface area contributed by atoms with Crippen molar-refractivity contribution >= 4 is 50.9 Å². The quantitative estimate of drug-likeness (QED) is 0.314. The lowest BCUT2D eigenvalue weighted by Crippen LogP contribution is -2.35.